The zero-order valence-corrected chi connectivity index (χ0v) is 16.1. The minimum absolute atomic E-state index is 0.168. The molecule has 4 heteroatoms. The summed E-state index contributed by atoms with van der Waals surface area (Å²) in [4.78, 5) is 13.5. The van der Waals surface area contributed by atoms with E-state index < -0.39 is 5.97 Å². The number of likely N-dealkylation sites (tertiary alicyclic amines) is 1. The minimum atomic E-state index is -0.648. The standard InChI is InChI=1S/C23H29NO3/c1-16-3-2-4-22(16)27-21-8-7-19-13-17(5-6-20(19)14-21)15-24-11-9-18(10-12-24)23(25)26/h5-8,13-14,16,18,22H,2-4,9-12,15H2,1H3,(H,25,26)/t16-,22+/m0/s1. The fourth-order valence-corrected chi connectivity index (χ4v) is 4.50. The first kappa shape index (κ1) is 18.3. The first-order valence-electron chi connectivity index (χ1n) is 10.2. The van der Waals surface area contributed by atoms with Crippen LogP contribution in [0.2, 0.25) is 0 Å². The number of aliphatic carboxylic acids is 1. The smallest absolute Gasteiger partial charge is 0.306 e. The summed E-state index contributed by atoms with van der Waals surface area (Å²) >= 11 is 0. The van der Waals surface area contributed by atoms with Crippen LogP contribution in [0.1, 0.15) is 44.6 Å². The minimum Gasteiger partial charge on any atom is -0.490 e. The molecule has 2 fully saturated rings. The highest BCUT2D eigenvalue weighted by Gasteiger charge is 2.25. The van der Waals surface area contributed by atoms with Crippen molar-refractivity contribution in [2.75, 3.05) is 13.1 Å². The Morgan fingerprint density at radius 1 is 1.07 bits per heavy atom. The van der Waals surface area contributed by atoms with Gasteiger partial charge in [-0.1, -0.05) is 25.1 Å². The fourth-order valence-electron chi connectivity index (χ4n) is 4.50. The van der Waals surface area contributed by atoms with Gasteiger partial charge in [-0.15, -0.1) is 0 Å². The second kappa shape index (κ2) is 7.89. The number of hydrogen-bond acceptors (Lipinski definition) is 3. The second-order valence-corrected chi connectivity index (χ2v) is 8.30. The molecule has 0 amide bonds. The summed E-state index contributed by atoms with van der Waals surface area (Å²) in [6.45, 7) is 4.90. The molecule has 144 valence electrons. The van der Waals surface area contributed by atoms with Crippen LogP contribution in [0.15, 0.2) is 36.4 Å². The maximum Gasteiger partial charge on any atom is 0.306 e. The lowest BCUT2D eigenvalue weighted by Gasteiger charge is -2.30. The molecule has 0 spiro atoms. The Labute approximate surface area is 161 Å². The topological polar surface area (TPSA) is 49.8 Å². The molecule has 27 heavy (non-hydrogen) atoms. The molecule has 0 aromatic heterocycles. The molecule has 1 saturated heterocycles. The Balaban J connectivity index is 1.40. The van der Waals surface area contributed by atoms with Crippen molar-refractivity contribution in [3.05, 3.63) is 42.0 Å². The van der Waals surface area contributed by atoms with Crippen molar-refractivity contribution in [3.8, 4) is 5.75 Å². The van der Waals surface area contributed by atoms with E-state index in [1.807, 2.05) is 0 Å². The molecule has 2 aromatic rings. The number of fused-ring (bicyclic) bond motifs is 1. The van der Waals surface area contributed by atoms with Gasteiger partial charge in [0.25, 0.3) is 0 Å². The predicted octanol–water partition coefficient (Wildman–Crippen LogP) is 4.70. The first-order valence-corrected chi connectivity index (χ1v) is 10.2. The molecular formula is C23H29NO3. The zero-order valence-electron chi connectivity index (χ0n) is 16.1. The summed E-state index contributed by atoms with van der Waals surface area (Å²) in [7, 11) is 0. The third kappa shape index (κ3) is 4.27. The van der Waals surface area contributed by atoms with Crippen molar-refractivity contribution < 1.29 is 14.6 Å². The van der Waals surface area contributed by atoms with Crippen LogP contribution < -0.4 is 4.74 Å². The van der Waals surface area contributed by atoms with E-state index in [2.05, 4.69) is 48.2 Å². The first-order chi connectivity index (χ1) is 13.1. The molecule has 1 aliphatic heterocycles. The van der Waals surface area contributed by atoms with Gasteiger partial charge in [0.05, 0.1) is 5.92 Å². The molecule has 1 saturated carbocycles. The van der Waals surface area contributed by atoms with Crippen molar-refractivity contribution in [2.24, 2.45) is 11.8 Å². The average Bonchev–Trinajstić information content (AvgIpc) is 3.07. The van der Waals surface area contributed by atoms with E-state index in [1.54, 1.807) is 0 Å². The lowest BCUT2D eigenvalue weighted by atomic mass is 9.96. The lowest BCUT2D eigenvalue weighted by Crippen LogP contribution is -2.35. The van der Waals surface area contributed by atoms with E-state index in [-0.39, 0.29) is 5.92 Å². The average molecular weight is 367 g/mol. The van der Waals surface area contributed by atoms with Crippen molar-refractivity contribution in [2.45, 2.75) is 51.7 Å². The summed E-state index contributed by atoms with van der Waals surface area (Å²) in [5, 5.41) is 11.6. The van der Waals surface area contributed by atoms with Gasteiger partial charge in [-0.25, -0.2) is 0 Å². The molecule has 4 nitrogen and oxygen atoms in total. The summed E-state index contributed by atoms with van der Waals surface area (Å²) in [5.41, 5.74) is 1.29. The zero-order chi connectivity index (χ0) is 18.8. The second-order valence-electron chi connectivity index (χ2n) is 8.30. The van der Waals surface area contributed by atoms with E-state index in [0.29, 0.717) is 12.0 Å². The predicted molar refractivity (Wildman–Crippen MR) is 107 cm³/mol. The SMILES string of the molecule is C[C@H]1CCC[C@H]1Oc1ccc2cc(CN3CCC(C(=O)O)CC3)ccc2c1. The maximum atomic E-state index is 11.1. The third-order valence-electron chi connectivity index (χ3n) is 6.29. The summed E-state index contributed by atoms with van der Waals surface area (Å²) < 4.78 is 6.22. The van der Waals surface area contributed by atoms with Crippen LogP contribution in [0.3, 0.4) is 0 Å². The molecule has 4 rings (SSSR count). The number of carbonyl (C=O) groups is 1. The Hall–Kier alpha value is -2.07. The lowest BCUT2D eigenvalue weighted by molar-refractivity contribution is -0.143. The van der Waals surface area contributed by atoms with E-state index in [1.165, 1.54) is 29.2 Å². The molecular weight excluding hydrogens is 338 g/mol. The Morgan fingerprint density at radius 3 is 2.52 bits per heavy atom. The number of hydrogen-bond donors (Lipinski definition) is 1. The molecule has 2 aromatic carbocycles. The van der Waals surface area contributed by atoms with Crippen LogP contribution >= 0.6 is 0 Å². The van der Waals surface area contributed by atoms with Gasteiger partial charge in [0.15, 0.2) is 0 Å². The molecule has 0 unspecified atom stereocenters. The number of nitrogens with zero attached hydrogens (tertiary/aromatic N) is 1. The van der Waals surface area contributed by atoms with Gasteiger partial charge in [0.1, 0.15) is 11.9 Å². The van der Waals surface area contributed by atoms with Gasteiger partial charge in [-0.2, -0.15) is 0 Å². The highest BCUT2D eigenvalue weighted by molar-refractivity contribution is 5.84. The van der Waals surface area contributed by atoms with Crippen molar-refractivity contribution in [1.82, 2.24) is 4.90 Å². The number of rotatable bonds is 5. The number of carboxylic acid groups (broad SMARTS) is 1. The van der Waals surface area contributed by atoms with Crippen molar-refractivity contribution in [3.63, 3.8) is 0 Å². The Morgan fingerprint density at radius 2 is 1.81 bits per heavy atom. The van der Waals surface area contributed by atoms with Crippen LogP contribution in [0.5, 0.6) is 5.75 Å². The van der Waals surface area contributed by atoms with Crippen molar-refractivity contribution in [1.29, 1.82) is 0 Å². The third-order valence-corrected chi connectivity index (χ3v) is 6.29. The van der Waals surface area contributed by atoms with Gasteiger partial charge < -0.3 is 9.84 Å². The Kier molecular flexibility index (Phi) is 5.35. The van der Waals surface area contributed by atoms with Crippen LogP contribution in [0.4, 0.5) is 0 Å². The number of carboxylic acids is 1. The van der Waals surface area contributed by atoms with E-state index in [0.717, 1.165) is 44.6 Å². The highest BCUT2D eigenvalue weighted by atomic mass is 16.5. The normalized spacial score (nSPS) is 24.3. The van der Waals surface area contributed by atoms with Gasteiger partial charge in [-0.3, -0.25) is 9.69 Å². The molecule has 1 N–H and O–H groups in total. The van der Waals surface area contributed by atoms with Gasteiger partial charge in [-0.05, 0) is 85.6 Å². The highest BCUT2D eigenvalue weighted by Crippen LogP contribution is 2.31. The molecule has 1 aliphatic carbocycles. The summed E-state index contributed by atoms with van der Waals surface area (Å²) in [5.74, 6) is 0.808. The van der Waals surface area contributed by atoms with Crippen LogP contribution in [-0.4, -0.2) is 35.2 Å². The molecule has 2 aliphatic rings. The molecule has 2 atom stereocenters. The monoisotopic (exact) mass is 367 g/mol. The largest absolute Gasteiger partial charge is 0.490 e. The van der Waals surface area contributed by atoms with Gasteiger partial charge in [0, 0.05) is 6.54 Å². The van der Waals surface area contributed by atoms with Gasteiger partial charge >= 0.3 is 5.97 Å². The fraction of sp³-hybridized carbons (Fsp3) is 0.522. The summed E-state index contributed by atoms with van der Waals surface area (Å²) in [6, 6.07) is 13.0. The quantitative estimate of drug-likeness (QED) is 0.832. The maximum absolute atomic E-state index is 11.1. The van der Waals surface area contributed by atoms with Gasteiger partial charge in [0.2, 0.25) is 0 Å². The van der Waals surface area contributed by atoms with Crippen LogP contribution in [0, 0.1) is 11.8 Å². The molecule has 0 bridgehead atoms. The molecule has 1 heterocycles. The summed E-state index contributed by atoms with van der Waals surface area (Å²) in [6.07, 6.45) is 5.57. The van der Waals surface area contributed by atoms with E-state index in [4.69, 9.17) is 9.84 Å². The number of piperidine rings is 1. The van der Waals surface area contributed by atoms with Crippen LogP contribution in [-0.2, 0) is 11.3 Å². The number of benzene rings is 2. The van der Waals surface area contributed by atoms with Crippen molar-refractivity contribution >= 4 is 16.7 Å². The Bertz CT molecular complexity index is 810. The van der Waals surface area contributed by atoms with E-state index >= 15 is 0 Å². The number of ether oxygens (including phenoxy) is 1. The molecule has 0 radical (unpaired) electrons. The van der Waals surface area contributed by atoms with E-state index in [9.17, 15) is 4.79 Å². The van der Waals surface area contributed by atoms with Crippen LogP contribution in [0.25, 0.3) is 10.8 Å².